The topological polar surface area (TPSA) is 58.4 Å². The number of likely N-dealkylation sites (tertiary alicyclic amines) is 1. The highest BCUT2D eigenvalue weighted by molar-refractivity contribution is 5.95. The molecule has 1 amide bonds. The minimum Gasteiger partial charge on any atom is -0.330 e. The van der Waals surface area contributed by atoms with Crippen LogP contribution in [0.1, 0.15) is 19.8 Å². The summed E-state index contributed by atoms with van der Waals surface area (Å²) >= 11 is 0. The van der Waals surface area contributed by atoms with Gasteiger partial charge in [-0.3, -0.25) is 4.79 Å². The molecule has 1 fully saturated rings. The molecule has 1 heterocycles. The maximum Gasteiger partial charge on any atom is 0.225 e. The molecule has 2 aromatic rings. The number of carbonyl (C=O) groups is 1. The lowest BCUT2D eigenvalue weighted by Crippen LogP contribution is -2.32. The first-order chi connectivity index (χ1) is 12.1. The summed E-state index contributed by atoms with van der Waals surface area (Å²) in [5.41, 5.74) is 9.08. The van der Waals surface area contributed by atoms with Crippen molar-refractivity contribution in [2.24, 2.45) is 11.1 Å². The average Bonchev–Trinajstić information content (AvgIpc) is 3.03. The van der Waals surface area contributed by atoms with E-state index in [1.165, 1.54) is 0 Å². The Kier molecular flexibility index (Phi) is 5.51. The summed E-state index contributed by atoms with van der Waals surface area (Å²) in [5.74, 6) is 0.0599. The van der Waals surface area contributed by atoms with Crippen LogP contribution in [0.5, 0.6) is 0 Å². The van der Waals surface area contributed by atoms with Crippen LogP contribution >= 0.6 is 0 Å². The first kappa shape index (κ1) is 17.6. The summed E-state index contributed by atoms with van der Waals surface area (Å²) in [6.07, 6.45) is 1.62. The molecule has 4 nitrogen and oxygen atoms in total. The zero-order chi connectivity index (χ0) is 17.7. The molecule has 0 radical (unpaired) electrons. The molecule has 3 rings (SSSR count). The number of benzene rings is 2. The van der Waals surface area contributed by atoms with E-state index < -0.39 is 0 Å². The molecule has 1 aliphatic rings. The number of nitrogens with two attached hydrogens (primary N) is 1. The maximum atomic E-state index is 12.4. The van der Waals surface area contributed by atoms with Crippen molar-refractivity contribution in [2.75, 3.05) is 31.5 Å². The Balaban J connectivity index is 1.59. The van der Waals surface area contributed by atoms with Gasteiger partial charge in [0.25, 0.3) is 0 Å². The number of rotatable bonds is 6. The van der Waals surface area contributed by atoms with Gasteiger partial charge in [-0.25, -0.2) is 0 Å². The standard InChI is InChI=1S/C21H27N3O/c1-21(15-22)12-14-24(16-21)13-11-20(25)23-19-10-6-5-9-18(19)17-7-3-2-4-8-17/h2-10H,11-16,22H2,1H3,(H,23,25). The summed E-state index contributed by atoms with van der Waals surface area (Å²) in [5, 5.41) is 3.08. The number of para-hydroxylation sites is 1. The Hall–Kier alpha value is -2.17. The fourth-order valence-corrected chi connectivity index (χ4v) is 3.42. The molecule has 3 N–H and O–H groups in total. The molecule has 2 aromatic carbocycles. The van der Waals surface area contributed by atoms with Gasteiger partial charge < -0.3 is 16.0 Å². The SMILES string of the molecule is CC1(CN)CCN(CCC(=O)Nc2ccccc2-c2ccccc2)C1. The highest BCUT2D eigenvalue weighted by Gasteiger charge is 2.32. The number of nitrogens with one attached hydrogen (secondary N) is 1. The van der Waals surface area contributed by atoms with Crippen LogP contribution < -0.4 is 11.1 Å². The molecule has 0 aliphatic carbocycles. The maximum absolute atomic E-state index is 12.4. The monoisotopic (exact) mass is 337 g/mol. The van der Waals surface area contributed by atoms with Crippen LogP contribution in [0.2, 0.25) is 0 Å². The highest BCUT2D eigenvalue weighted by Crippen LogP contribution is 2.29. The second kappa shape index (κ2) is 7.81. The molecule has 1 saturated heterocycles. The molecule has 1 unspecified atom stereocenters. The number of hydrogen-bond donors (Lipinski definition) is 2. The molecule has 0 saturated carbocycles. The van der Waals surface area contributed by atoms with E-state index in [1.54, 1.807) is 0 Å². The minimum absolute atomic E-state index is 0.0599. The molecule has 4 heteroatoms. The Morgan fingerprint density at radius 1 is 1.16 bits per heavy atom. The molecule has 1 atom stereocenters. The normalized spacial score (nSPS) is 20.6. The van der Waals surface area contributed by atoms with E-state index in [-0.39, 0.29) is 11.3 Å². The van der Waals surface area contributed by atoms with Gasteiger partial charge >= 0.3 is 0 Å². The predicted octanol–water partition coefficient (Wildman–Crippen LogP) is 3.35. The number of carbonyl (C=O) groups excluding carboxylic acids is 1. The lowest BCUT2D eigenvalue weighted by atomic mass is 9.90. The summed E-state index contributed by atoms with van der Waals surface area (Å²) in [7, 11) is 0. The van der Waals surface area contributed by atoms with Crippen molar-refractivity contribution in [3.8, 4) is 11.1 Å². The second-order valence-corrected chi connectivity index (χ2v) is 7.25. The molecular formula is C21H27N3O. The van der Waals surface area contributed by atoms with Crippen LogP contribution in [0.25, 0.3) is 11.1 Å². The van der Waals surface area contributed by atoms with Gasteiger partial charge in [-0.1, -0.05) is 55.5 Å². The lowest BCUT2D eigenvalue weighted by Gasteiger charge is -2.22. The number of nitrogens with zero attached hydrogens (tertiary/aromatic N) is 1. The Labute approximate surface area is 150 Å². The van der Waals surface area contributed by atoms with Crippen molar-refractivity contribution >= 4 is 11.6 Å². The van der Waals surface area contributed by atoms with E-state index in [9.17, 15) is 4.79 Å². The minimum atomic E-state index is 0.0599. The fourth-order valence-electron chi connectivity index (χ4n) is 3.42. The molecule has 1 aliphatic heterocycles. The number of hydrogen-bond acceptors (Lipinski definition) is 3. The molecule has 25 heavy (non-hydrogen) atoms. The lowest BCUT2D eigenvalue weighted by molar-refractivity contribution is -0.116. The molecule has 0 aromatic heterocycles. The van der Waals surface area contributed by atoms with Crippen LogP contribution in [0.15, 0.2) is 54.6 Å². The van der Waals surface area contributed by atoms with Crippen molar-refractivity contribution in [2.45, 2.75) is 19.8 Å². The van der Waals surface area contributed by atoms with Gasteiger partial charge in [0.15, 0.2) is 0 Å². The van der Waals surface area contributed by atoms with E-state index >= 15 is 0 Å². The van der Waals surface area contributed by atoms with Crippen molar-refractivity contribution in [3.05, 3.63) is 54.6 Å². The van der Waals surface area contributed by atoms with E-state index in [0.29, 0.717) is 13.0 Å². The second-order valence-electron chi connectivity index (χ2n) is 7.25. The predicted molar refractivity (Wildman–Crippen MR) is 103 cm³/mol. The van der Waals surface area contributed by atoms with Gasteiger partial charge in [0.2, 0.25) is 5.91 Å². The largest absolute Gasteiger partial charge is 0.330 e. The van der Waals surface area contributed by atoms with Gasteiger partial charge in [0.05, 0.1) is 0 Å². The van der Waals surface area contributed by atoms with E-state index in [2.05, 4.69) is 29.3 Å². The van der Waals surface area contributed by atoms with Gasteiger partial charge in [-0.05, 0) is 36.6 Å². The van der Waals surface area contributed by atoms with Gasteiger partial charge in [0, 0.05) is 30.8 Å². The molecule has 0 bridgehead atoms. The Bertz CT molecular complexity index is 716. The van der Waals surface area contributed by atoms with Crippen LogP contribution in [-0.4, -0.2) is 37.0 Å². The smallest absolute Gasteiger partial charge is 0.225 e. The van der Waals surface area contributed by atoms with Crippen LogP contribution in [0, 0.1) is 5.41 Å². The third kappa shape index (κ3) is 4.47. The van der Waals surface area contributed by atoms with E-state index in [1.807, 2.05) is 42.5 Å². The van der Waals surface area contributed by atoms with Gasteiger partial charge in [0.1, 0.15) is 0 Å². The molecular weight excluding hydrogens is 310 g/mol. The van der Waals surface area contributed by atoms with Gasteiger partial charge in [-0.2, -0.15) is 0 Å². The Morgan fingerprint density at radius 3 is 2.60 bits per heavy atom. The zero-order valence-corrected chi connectivity index (χ0v) is 14.9. The number of amides is 1. The van der Waals surface area contributed by atoms with Crippen molar-refractivity contribution in [3.63, 3.8) is 0 Å². The van der Waals surface area contributed by atoms with Crippen molar-refractivity contribution in [1.82, 2.24) is 4.90 Å². The molecule has 132 valence electrons. The van der Waals surface area contributed by atoms with Crippen LogP contribution in [-0.2, 0) is 4.79 Å². The number of anilines is 1. The summed E-state index contributed by atoms with van der Waals surface area (Å²) in [6.45, 7) is 5.73. The zero-order valence-electron chi connectivity index (χ0n) is 14.9. The van der Waals surface area contributed by atoms with Crippen molar-refractivity contribution < 1.29 is 4.79 Å². The third-order valence-corrected chi connectivity index (χ3v) is 5.07. The summed E-state index contributed by atoms with van der Waals surface area (Å²) in [6, 6.07) is 18.1. The summed E-state index contributed by atoms with van der Waals surface area (Å²) < 4.78 is 0. The fraction of sp³-hybridized carbons (Fsp3) is 0.381. The van der Waals surface area contributed by atoms with Gasteiger partial charge in [-0.15, -0.1) is 0 Å². The van der Waals surface area contributed by atoms with E-state index in [4.69, 9.17) is 5.73 Å². The first-order valence-electron chi connectivity index (χ1n) is 8.96. The average molecular weight is 337 g/mol. The summed E-state index contributed by atoms with van der Waals surface area (Å²) in [4.78, 5) is 14.8. The quantitative estimate of drug-likeness (QED) is 0.850. The van der Waals surface area contributed by atoms with Crippen molar-refractivity contribution in [1.29, 1.82) is 0 Å². The highest BCUT2D eigenvalue weighted by atomic mass is 16.1. The first-order valence-corrected chi connectivity index (χ1v) is 8.96. The van der Waals surface area contributed by atoms with Crippen LogP contribution in [0.4, 0.5) is 5.69 Å². The third-order valence-electron chi connectivity index (χ3n) is 5.07. The Morgan fingerprint density at radius 2 is 1.88 bits per heavy atom. The van der Waals surface area contributed by atoms with E-state index in [0.717, 1.165) is 42.9 Å². The molecule has 0 spiro atoms. The van der Waals surface area contributed by atoms with Crippen LogP contribution in [0.3, 0.4) is 0 Å².